The number of carbonyl (C=O) groups is 1. The Morgan fingerprint density at radius 3 is 2.25 bits per heavy atom. The Kier molecular flexibility index (Phi) is 6.96. The number of benzene rings is 3. The predicted octanol–water partition coefficient (Wildman–Crippen LogP) is 4.00. The summed E-state index contributed by atoms with van der Waals surface area (Å²) in [5.74, 6) is -0.425. The highest BCUT2D eigenvalue weighted by atomic mass is 32.2. The highest BCUT2D eigenvalue weighted by Gasteiger charge is 2.28. The monoisotopic (exact) mass is 447 g/mol. The Hall–Kier alpha value is -3.63. The SMILES string of the molecule is Cc1ccc(S(=O)(=O)N(CC(=O)NCc2ccc(C#N)cc2)c2cccc(C)c2C)cc1. The molecular formula is C25H25N3O3S. The summed E-state index contributed by atoms with van der Waals surface area (Å²) in [6.45, 7) is 5.51. The van der Waals surface area contributed by atoms with Gasteiger partial charge in [-0.2, -0.15) is 5.26 Å². The first-order valence-electron chi connectivity index (χ1n) is 10.1. The van der Waals surface area contributed by atoms with Gasteiger partial charge in [-0.15, -0.1) is 0 Å². The molecule has 0 spiro atoms. The molecule has 0 bridgehead atoms. The van der Waals surface area contributed by atoms with E-state index in [2.05, 4.69) is 5.32 Å². The molecule has 0 aliphatic carbocycles. The van der Waals surface area contributed by atoms with Crippen LogP contribution in [0.3, 0.4) is 0 Å². The summed E-state index contributed by atoms with van der Waals surface area (Å²) in [7, 11) is -3.96. The maximum atomic E-state index is 13.5. The van der Waals surface area contributed by atoms with Gasteiger partial charge in [-0.1, -0.05) is 42.0 Å². The van der Waals surface area contributed by atoms with Gasteiger partial charge < -0.3 is 5.32 Å². The van der Waals surface area contributed by atoms with Crippen molar-refractivity contribution in [2.75, 3.05) is 10.8 Å². The lowest BCUT2D eigenvalue weighted by atomic mass is 10.1. The fraction of sp³-hybridized carbons (Fsp3) is 0.200. The van der Waals surface area contributed by atoms with Gasteiger partial charge >= 0.3 is 0 Å². The summed E-state index contributed by atoms with van der Waals surface area (Å²) < 4.78 is 28.2. The van der Waals surface area contributed by atoms with Crippen molar-refractivity contribution in [3.63, 3.8) is 0 Å². The van der Waals surface area contributed by atoms with E-state index < -0.39 is 15.9 Å². The first-order chi connectivity index (χ1) is 15.2. The van der Waals surface area contributed by atoms with Gasteiger partial charge in [-0.3, -0.25) is 9.10 Å². The highest BCUT2D eigenvalue weighted by Crippen LogP contribution is 2.28. The fourth-order valence-electron chi connectivity index (χ4n) is 3.23. The van der Waals surface area contributed by atoms with E-state index in [1.54, 1.807) is 60.7 Å². The van der Waals surface area contributed by atoms with E-state index in [0.717, 1.165) is 26.6 Å². The molecule has 7 heteroatoms. The highest BCUT2D eigenvalue weighted by molar-refractivity contribution is 7.92. The molecular weight excluding hydrogens is 422 g/mol. The van der Waals surface area contributed by atoms with Crippen LogP contribution in [0.4, 0.5) is 5.69 Å². The zero-order valence-corrected chi connectivity index (χ0v) is 19.1. The minimum absolute atomic E-state index is 0.129. The zero-order chi connectivity index (χ0) is 23.3. The van der Waals surface area contributed by atoms with E-state index in [4.69, 9.17) is 5.26 Å². The summed E-state index contributed by atoms with van der Waals surface area (Å²) in [6, 6.07) is 20.9. The maximum Gasteiger partial charge on any atom is 0.264 e. The Balaban J connectivity index is 1.88. The predicted molar refractivity (Wildman–Crippen MR) is 125 cm³/mol. The lowest BCUT2D eigenvalue weighted by Crippen LogP contribution is -2.41. The summed E-state index contributed by atoms with van der Waals surface area (Å²) in [5.41, 5.74) is 4.50. The van der Waals surface area contributed by atoms with E-state index in [1.165, 1.54) is 0 Å². The molecule has 0 radical (unpaired) electrons. The third-order valence-corrected chi connectivity index (χ3v) is 7.09. The van der Waals surface area contributed by atoms with Crippen molar-refractivity contribution < 1.29 is 13.2 Å². The van der Waals surface area contributed by atoms with E-state index >= 15 is 0 Å². The van der Waals surface area contributed by atoms with Crippen LogP contribution in [0.2, 0.25) is 0 Å². The van der Waals surface area contributed by atoms with Crippen LogP contribution >= 0.6 is 0 Å². The van der Waals surface area contributed by atoms with Crippen molar-refractivity contribution in [1.82, 2.24) is 5.32 Å². The van der Waals surface area contributed by atoms with Crippen LogP contribution in [0.25, 0.3) is 0 Å². The van der Waals surface area contributed by atoms with Crippen LogP contribution in [0.15, 0.2) is 71.6 Å². The van der Waals surface area contributed by atoms with Gasteiger partial charge in [0.1, 0.15) is 6.54 Å². The van der Waals surface area contributed by atoms with Crippen molar-refractivity contribution in [2.45, 2.75) is 32.2 Å². The molecule has 0 atom stereocenters. The Morgan fingerprint density at radius 1 is 0.969 bits per heavy atom. The molecule has 1 amide bonds. The summed E-state index contributed by atoms with van der Waals surface area (Å²) in [6.07, 6.45) is 0. The smallest absolute Gasteiger partial charge is 0.264 e. The molecule has 0 saturated heterocycles. The van der Waals surface area contributed by atoms with Crippen LogP contribution in [0.5, 0.6) is 0 Å². The van der Waals surface area contributed by atoms with Crippen LogP contribution in [0, 0.1) is 32.1 Å². The van der Waals surface area contributed by atoms with Gasteiger partial charge in [-0.05, 0) is 67.8 Å². The molecule has 164 valence electrons. The van der Waals surface area contributed by atoms with Gasteiger partial charge in [0.2, 0.25) is 5.91 Å². The second kappa shape index (κ2) is 9.67. The van der Waals surface area contributed by atoms with Gasteiger partial charge in [-0.25, -0.2) is 8.42 Å². The van der Waals surface area contributed by atoms with Crippen LogP contribution < -0.4 is 9.62 Å². The molecule has 0 aliphatic heterocycles. The number of nitriles is 1. The lowest BCUT2D eigenvalue weighted by molar-refractivity contribution is -0.119. The van der Waals surface area contributed by atoms with Crippen molar-refractivity contribution in [3.8, 4) is 6.07 Å². The molecule has 0 aliphatic rings. The number of aryl methyl sites for hydroxylation is 2. The van der Waals surface area contributed by atoms with E-state index in [9.17, 15) is 13.2 Å². The molecule has 0 heterocycles. The number of amides is 1. The number of nitrogens with one attached hydrogen (secondary N) is 1. The summed E-state index contributed by atoms with van der Waals surface area (Å²) >= 11 is 0. The van der Waals surface area contributed by atoms with Crippen molar-refractivity contribution in [3.05, 3.63) is 94.5 Å². The first kappa shape index (κ1) is 23.0. The third-order valence-electron chi connectivity index (χ3n) is 5.31. The van der Waals surface area contributed by atoms with Crippen molar-refractivity contribution >= 4 is 21.6 Å². The minimum Gasteiger partial charge on any atom is -0.350 e. The standard InChI is InChI=1S/C25H25N3O3S/c1-18-7-13-23(14-8-18)32(30,31)28(24-6-4-5-19(2)20(24)3)17-25(29)27-16-22-11-9-21(15-26)10-12-22/h4-14H,16-17H2,1-3H3,(H,27,29). The average molecular weight is 448 g/mol. The van der Waals surface area contributed by atoms with Crippen molar-refractivity contribution in [2.24, 2.45) is 0 Å². The molecule has 32 heavy (non-hydrogen) atoms. The van der Waals surface area contributed by atoms with Crippen LogP contribution in [-0.2, 0) is 21.4 Å². The number of nitrogens with zero attached hydrogens (tertiary/aromatic N) is 2. The molecule has 0 aromatic heterocycles. The molecule has 3 aromatic rings. The number of rotatable bonds is 7. The molecule has 0 unspecified atom stereocenters. The van der Waals surface area contributed by atoms with Gasteiger partial charge in [0, 0.05) is 6.54 Å². The second-order valence-electron chi connectivity index (χ2n) is 7.63. The second-order valence-corrected chi connectivity index (χ2v) is 9.49. The Labute approximate surface area is 189 Å². The molecule has 0 fully saturated rings. The number of hydrogen-bond donors (Lipinski definition) is 1. The van der Waals surface area contributed by atoms with Crippen LogP contribution in [-0.4, -0.2) is 20.9 Å². The van der Waals surface area contributed by atoms with E-state index in [-0.39, 0.29) is 18.0 Å². The first-order valence-corrected chi connectivity index (χ1v) is 11.6. The number of carbonyl (C=O) groups excluding carboxylic acids is 1. The molecule has 1 N–H and O–H groups in total. The van der Waals surface area contributed by atoms with E-state index in [1.807, 2.05) is 32.9 Å². The van der Waals surface area contributed by atoms with Gasteiger partial charge in [0.25, 0.3) is 10.0 Å². The topological polar surface area (TPSA) is 90.3 Å². The zero-order valence-electron chi connectivity index (χ0n) is 18.3. The average Bonchev–Trinajstić information content (AvgIpc) is 2.78. The normalized spacial score (nSPS) is 10.9. The Morgan fingerprint density at radius 2 is 1.62 bits per heavy atom. The number of hydrogen-bond acceptors (Lipinski definition) is 4. The van der Waals surface area contributed by atoms with Gasteiger partial charge in [0.05, 0.1) is 22.2 Å². The van der Waals surface area contributed by atoms with Crippen molar-refractivity contribution in [1.29, 1.82) is 5.26 Å². The quantitative estimate of drug-likeness (QED) is 0.593. The lowest BCUT2D eigenvalue weighted by Gasteiger charge is -2.26. The van der Waals surface area contributed by atoms with Gasteiger partial charge in [0.15, 0.2) is 0 Å². The fourth-order valence-corrected chi connectivity index (χ4v) is 4.71. The largest absolute Gasteiger partial charge is 0.350 e. The molecule has 0 saturated carbocycles. The summed E-state index contributed by atoms with van der Waals surface area (Å²) in [5, 5.41) is 11.7. The molecule has 3 aromatic carbocycles. The summed E-state index contributed by atoms with van der Waals surface area (Å²) in [4.78, 5) is 12.9. The maximum absolute atomic E-state index is 13.5. The minimum atomic E-state index is -3.96. The Bertz CT molecular complexity index is 1260. The van der Waals surface area contributed by atoms with E-state index in [0.29, 0.717) is 11.3 Å². The molecule has 6 nitrogen and oxygen atoms in total. The van der Waals surface area contributed by atoms with Crippen LogP contribution in [0.1, 0.15) is 27.8 Å². The number of anilines is 1. The third kappa shape index (κ3) is 5.16. The number of sulfonamides is 1. The molecule has 3 rings (SSSR count).